The van der Waals surface area contributed by atoms with Gasteiger partial charge in [-0.05, 0) is 46.9 Å². The maximum Gasteiger partial charge on any atom is 0.277 e. The number of carbonyl (C=O) groups is 1. The van der Waals surface area contributed by atoms with Crippen LogP contribution in [0, 0.1) is 27.5 Å². The summed E-state index contributed by atoms with van der Waals surface area (Å²) in [4.78, 5) is 15.9. The SMILES string of the molecule is C#CCN(C)S(=O)(=O)c1cc(C(=O)NOC)c(Nc2ccc(I)cc2Cl)c(F)c1F. The van der Waals surface area contributed by atoms with E-state index in [0.29, 0.717) is 10.4 Å². The van der Waals surface area contributed by atoms with E-state index in [0.717, 1.165) is 17.7 Å². The molecule has 160 valence electrons. The molecule has 0 saturated heterocycles. The van der Waals surface area contributed by atoms with Crippen molar-refractivity contribution in [1.29, 1.82) is 0 Å². The van der Waals surface area contributed by atoms with Gasteiger partial charge in [0, 0.05) is 10.6 Å². The Bertz CT molecular complexity index is 1140. The van der Waals surface area contributed by atoms with Gasteiger partial charge in [0.05, 0.1) is 35.6 Å². The zero-order valence-corrected chi connectivity index (χ0v) is 19.3. The third kappa shape index (κ3) is 5.01. The molecule has 2 aromatic carbocycles. The molecule has 0 spiro atoms. The highest BCUT2D eigenvalue weighted by Crippen LogP contribution is 2.34. The maximum absolute atomic E-state index is 15.0. The Morgan fingerprint density at radius 3 is 2.57 bits per heavy atom. The normalized spacial score (nSPS) is 11.3. The predicted molar refractivity (Wildman–Crippen MR) is 117 cm³/mol. The van der Waals surface area contributed by atoms with Crippen molar-refractivity contribution >= 4 is 61.5 Å². The van der Waals surface area contributed by atoms with E-state index in [9.17, 15) is 22.0 Å². The number of halogens is 4. The molecule has 2 aromatic rings. The van der Waals surface area contributed by atoms with Gasteiger partial charge in [-0.25, -0.2) is 22.7 Å². The Balaban J connectivity index is 2.72. The lowest BCUT2D eigenvalue weighted by Crippen LogP contribution is -2.30. The summed E-state index contributed by atoms with van der Waals surface area (Å²) in [6.45, 7) is -0.388. The summed E-state index contributed by atoms with van der Waals surface area (Å²) >= 11 is 8.12. The highest BCUT2D eigenvalue weighted by Gasteiger charge is 2.31. The molecule has 1 amide bonds. The zero-order valence-electron chi connectivity index (χ0n) is 15.6. The molecule has 0 radical (unpaired) electrons. The van der Waals surface area contributed by atoms with Crippen LogP contribution in [-0.2, 0) is 14.9 Å². The number of carbonyl (C=O) groups excluding carboxylic acids is 1. The lowest BCUT2D eigenvalue weighted by atomic mass is 10.1. The van der Waals surface area contributed by atoms with Crippen LogP contribution in [0.2, 0.25) is 5.02 Å². The van der Waals surface area contributed by atoms with Crippen LogP contribution in [0.4, 0.5) is 20.2 Å². The van der Waals surface area contributed by atoms with Gasteiger partial charge in [0.25, 0.3) is 5.91 Å². The second-order valence-electron chi connectivity index (χ2n) is 5.77. The topological polar surface area (TPSA) is 87.7 Å². The van der Waals surface area contributed by atoms with Crippen molar-refractivity contribution < 1.29 is 26.8 Å². The van der Waals surface area contributed by atoms with Crippen LogP contribution in [0.1, 0.15) is 10.4 Å². The molecule has 2 N–H and O–H groups in total. The molecule has 0 atom stereocenters. The summed E-state index contributed by atoms with van der Waals surface area (Å²) in [5.74, 6) is -2.20. The van der Waals surface area contributed by atoms with Gasteiger partial charge in [0.2, 0.25) is 10.0 Å². The number of hydrogen-bond donors (Lipinski definition) is 2. The fraction of sp³-hybridized carbons (Fsp3) is 0.167. The molecule has 0 aliphatic heterocycles. The first kappa shape index (κ1) is 24.3. The van der Waals surface area contributed by atoms with Gasteiger partial charge in [-0.15, -0.1) is 6.42 Å². The largest absolute Gasteiger partial charge is 0.351 e. The summed E-state index contributed by atoms with van der Waals surface area (Å²) in [6.07, 6.45) is 5.10. The van der Waals surface area contributed by atoms with Gasteiger partial charge in [0.15, 0.2) is 11.6 Å². The molecule has 12 heteroatoms. The molecule has 0 heterocycles. The standard InChI is InChI=1S/C18H15ClF2IN3O4S/c1-4-7-25(2)30(27,28)14-9-11(18(26)24-29-3)17(16(21)15(14)20)23-13-6-5-10(22)8-12(13)19/h1,5-6,8-9,23H,7H2,2-3H3,(H,24,26). The highest BCUT2D eigenvalue weighted by atomic mass is 127. The first-order chi connectivity index (χ1) is 14.0. The fourth-order valence-corrected chi connectivity index (χ4v) is 4.41. The van der Waals surface area contributed by atoms with E-state index in [4.69, 9.17) is 18.0 Å². The third-order valence-electron chi connectivity index (χ3n) is 3.81. The van der Waals surface area contributed by atoms with Crippen LogP contribution in [0.25, 0.3) is 0 Å². The Kier molecular flexibility index (Phi) is 8.00. The summed E-state index contributed by atoms with van der Waals surface area (Å²) in [5, 5.41) is 2.71. The van der Waals surface area contributed by atoms with E-state index in [1.807, 2.05) is 28.1 Å². The quantitative estimate of drug-likeness (QED) is 0.303. The fourth-order valence-electron chi connectivity index (χ4n) is 2.35. The van der Waals surface area contributed by atoms with E-state index >= 15 is 0 Å². The summed E-state index contributed by atoms with van der Waals surface area (Å²) in [5.41, 5.74) is 0.966. The van der Waals surface area contributed by atoms with Crippen molar-refractivity contribution in [1.82, 2.24) is 9.79 Å². The molecule has 7 nitrogen and oxygen atoms in total. The number of anilines is 2. The number of nitrogens with zero attached hydrogens (tertiary/aromatic N) is 1. The summed E-state index contributed by atoms with van der Waals surface area (Å²) in [6, 6.07) is 5.38. The predicted octanol–water partition coefficient (Wildman–Crippen LogP) is 3.51. The minimum absolute atomic E-state index is 0.168. The monoisotopic (exact) mass is 569 g/mol. The molecule has 2 rings (SSSR count). The van der Waals surface area contributed by atoms with Crippen molar-refractivity contribution in [2.24, 2.45) is 0 Å². The molecular formula is C18H15ClF2IN3O4S. The lowest BCUT2D eigenvalue weighted by Gasteiger charge is -2.19. The first-order valence-corrected chi connectivity index (χ1v) is 10.9. The van der Waals surface area contributed by atoms with E-state index < -0.39 is 43.7 Å². The number of benzene rings is 2. The van der Waals surface area contributed by atoms with E-state index in [1.165, 1.54) is 6.07 Å². The molecule has 0 aliphatic carbocycles. The van der Waals surface area contributed by atoms with Crippen molar-refractivity contribution in [2.45, 2.75) is 4.90 Å². The average molecular weight is 570 g/mol. The lowest BCUT2D eigenvalue weighted by molar-refractivity contribution is 0.0538. The van der Waals surface area contributed by atoms with E-state index in [1.54, 1.807) is 12.1 Å². The Morgan fingerprint density at radius 1 is 1.33 bits per heavy atom. The number of sulfonamides is 1. The molecular weight excluding hydrogens is 555 g/mol. The zero-order chi connectivity index (χ0) is 22.6. The third-order valence-corrected chi connectivity index (χ3v) is 6.59. The summed E-state index contributed by atoms with van der Waals surface area (Å²) < 4.78 is 56.4. The van der Waals surface area contributed by atoms with Crippen LogP contribution in [-0.4, -0.2) is 39.3 Å². The van der Waals surface area contributed by atoms with E-state index in [-0.39, 0.29) is 17.3 Å². The van der Waals surface area contributed by atoms with Gasteiger partial charge in [-0.1, -0.05) is 17.5 Å². The second kappa shape index (κ2) is 9.88. The number of hydroxylamine groups is 1. The number of rotatable bonds is 7. The number of hydrogen-bond acceptors (Lipinski definition) is 5. The second-order valence-corrected chi connectivity index (χ2v) is 9.44. The molecule has 30 heavy (non-hydrogen) atoms. The van der Waals surface area contributed by atoms with Crippen LogP contribution in [0.5, 0.6) is 0 Å². The molecule has 0 saturated carbocycles. The van der Waals surface area contributed by atoms with Gasteiger partial charge >= 0.3 is 0 Å². The van der Waals surface area contributed by atoms with Gasteiger partial charge in [0.1, 0.15) is 4.90 Å². The van der Waals surface area contributed by atoms with Gasteiger partial charge in [-0.2, -0.15) is 4.31 Å². The minimum atomic E-state index is -4.53. The summed E-state index contributed by atoms with van der Waals surface area (Å²) in [7, 11) is -2.31. The van der Waals surface area contributed by atoms with E-state index in [2.05, 4.69) is 16.1 Å². The first-order valence-electron chi connectivity index (χ1n) is 8.01. The molecule has 0 aliphatic rings. The molecule has 0 unspecified atom stereocenters. The average Bonchev–Trinajstić information content (AvgIpc) is 2.67. The van der Waals surface area contributed by atoms with Gasteiger partial charge < -0.3 is 5.32 Å². The highest BCUT2D eigenvalue weighted by molar-refractivity contribution is 14.1. The Hall–Kier alpha value is -1.98. The number of amides is 1. The maximum atomic E-state index is 15.0. The molecule has 0 aromatic heterocycles. The van der Waals surface area contributed by atoms with Crippen molar-refractivity contribution in [3.05, 3.63) is 50.1 Å². The van der Waals surface area contributed by atoms with Crippen molar-refractivity contribution in [3.63, 3.8) is 0 Å². The van der Waals surface area contributed by atoms with Crippen LogP contribution >= 0.6 is 34.2 Å². The molecule has 0 bridgehead atoms. The number of nitrogens with one attached hydrogen (secondary N) is 2. The smallest absolute Gasteiger partial charge is 0.277 e. The van der Waals surface area contributed by atoms with Crippen LogP contribution in [0.15, 0.2) is 29.2 Å². The van der Waals surface area contributed by atoms with Crippen LogP contribution < -0.4 is 10.8 Å². The van der Waals surface area contributed by atoms with Crippen molar-refractivity contribution in [3.8, 4) is 12.3 Å². The van der Waals surface area contributed by atoms with Gasteiger partial charge in [-0.3, -0.25) is 9.63 Å². The Morgan fingerprint density at radius 2 is 2.00 bits per heavy atom. The van der Waals surface area contributed by atoms with Crippen molar-refractivity contribution in [2.75, 3.05) is 26.0 Å². The van der Waals surface area contributed by atoms with Crippen LogP contribution in [0.3, 0.4) is 0 Å². The minimum Gasteiger partial charge on any atom is -0.351 e. The molecule has 0 fully saturated rings. The number of terminal acetylenes is 1. The Labute approximate surface area is 190 Å².